The molecule has 0 N–H and O–H groups in total. The third-order valence-electron chi connectivity index (χ3n) is 19.3. The third-order valence-corrected chi connectivity index (χ3v) is 23.6. The summed E-state index contributed by atoms with van der Waals surface area (Å²) in [7, 11) is 0. The van der Waals surface area contributed by atoms with Crippen LogP contribution in [-0.4, -0.2) is 50.3 Å². The van der Waals surface area contributed by atoms with Gasteiger partial charge in [-0.15, -0.1) is 45.3 Å². The number of hydrogen-bond acceptors (Lipinski definition) is 18. The molecule has 0 saturated heterocycles. The second-order valence-corrected chi connectivity index (χ2v) is 29.7. The first-order chi connectivity index (χ1) is 45.8. The fourth-order valence-corrected chi connectivity index (χ4v) is 19.7. The first-order valence-electron chi connectivity index (χ1n) is 33.5. The van der Waals surface area contributed by atoms with Gasteiger partial charge in [-0.25, -0.2) is 38.4 Å². The Morgan fingerprint density at radius 2 is 0.468 bits per heavy atom. The summed E-state index contributed by atoms with van der Waals surface area (Å²) in [5.74, 6) is -1.87. The molecule has 0 aliphatic heterocycles. The summed E-state index contributed by atoms with van der Waals surface area (Å²) in [6.45, 7) is 9.87. The molecular weight excluding hydrogens is 1270 g/mol. The van der Waals surface area contributed by atoms with E-state index in [0.29, 0.717) is 91.8 Å². The zero-order chi connectivity index (χ0) is 64.8. The molecule has 0 saturated carbocycles. The summed E-state index contributed by atoms with van der Waals surface area (Å²) >= 11 is 5.95. The molecule has 14 nitrogen and oxygen atoms in total. The lowest BCUT2D eigenvalue weighted by Crippen LogP contribution is -2.13. The number of unbranched alkanes of at least 4 members (excludes halogenated alkanes) is 16. The van der Waals surface area contributed by atoms with Gasteiger partial charge in [0.05, 0.1) is 70.2 Å². The number of rotatable bonds is 28. The number of esters is 4. The Bertz CT molecular complexity index is 5100. The summed E-state index contributed by atoms with van der Waals surface area (Å²) in [5, 5.41) is 14.7. The number of benzene rings is 10. The molecule has 94 heavy (non-hydrogen) atoms. The summed E-state index contributed by atoms with van der Waals surface area (Å²) in [6, 6.07) is 14.6. The van der Waals surface area contributed by atoms with E-state index < -0.39 is 46.4 Å². The maximum absolute atomic E-state index is 14.3. The van der Waals surface area contributed by atoms with E-state index in [4.69, 9.17) is 27.8 Å². The highest BCUT2D eigenvalue weighted by Gasteiger charge is 2.35. The van der Waals surface area contributed by atoms with Crippen molar-refractivity contribution in [2.45, 2.75) is 156 Å². The van der Waals surface area contributed by atoms with Crippen LogP contribution in [0.5, 0.6) is 0 Å². The zero-order valence-electron chi connectivity index (χ0n) is 52.9. The van der Waals surface area contributed by atoms with Crippen molar-refractivity contribution in [2.75, 3.05) is 26.4 Å². The second-order valence-electron chi connectivity index (χ2n) is 25.3. The molecule has 0 unspecified atom stereocenters. The SMILES string of the molecule is CCCCCCCOC(=O)c1cc2sc3cc(C(=O)OCCCCCCC)c4c(C(=O)OCCCCCCC)cc5sc6cc(C(=O)OCCCCCCC)c1c1c2c3c4c5c61.O=c1oc(=O)c2cc3sc4cc5c(=O)oc(=O)c6cc7sc8cc1c2c1c8c7c(c65)c4c31. The van der Waals surface area contributed by atoms with Gasteiger partial charge in [-0.3, -0.25) is 0 Å². The van der Waals surface area contributed by atoms with Crippen LogP contribution >= 0.6 is 45.3 Å². The Labute approximate surface area is 552 Å². The van der Waals surface area contributed by atoms with Crippen LogP contribution in [0.15, 0.2) is 76.5 Å². The molecule has 6 heterocycles. The zero-order valence-corrected chi connectivity index (χ0v) is 56.2. The molecule has 0 aliphatic carbocycles. The van der Waals surface area contributed by atoms with Crippen molar-refractivity contribution in [3.8, 4) is 0 Å². The minimum atomic E-state index is -0.647. The number of hydrogen-bond donors (Lipinski definition) is 0. The van der Waals surface area contributed by atoms with Crippen molar-refractivity contribution in [2.24, 2.45) is 0 Å². The lowest BCUT2D eigenvalue weighted by Gasteiger charge is -2.19. The molecule has 0 radical (unpaired) electrons. The molecule has 16 aromatic rings. The number of carbonyl (C=O) groups is 4. The molecule has 6 aromatic heterocycles. The minimum Gasteiger partial charge on any atom is -0.462 e. The Morgan fingerprint density at radius 1 is 0.266 bits per heavy atom. The lowest BCUT2D eigenvalue weighted by molar-refractivity contribution is 0.0483. The molecule has 480 valence electrons. The fourth-order valence-electron chi connectivity index (χ4n) is 14.9. The van der Waals surface area contributed by atoms with Crippen molar-refractivity contribution < 1.29 is 47.0 Å². The van der Waals surface area contributed by atoms with Gasteiger partial charge in [0, 0.05) is 124 Å². The Hall–Kier alpha value is -8.16. The van der Waals surface area contributed by atoms with Crippen LogP contribution < -0.4 is 22.5 Å². The van der Waals surface area contributed by atoms with Gasteiger partial charge in [-0.1, -0.05) is 130 Å². The first-order valence-corrected chi connectivity index (χ1v) is 36.8. The average molecular weight is 1330 g/mol. The topological polar surface area (TPSA) is 200 Å². The highest BCUT2D eigenvalue weighted by atomic mass is 32.1. The lowest BCUT2D eigenvalue weighted by atomic mass is 9.84. The molecule has 0 bridgehead atoms. The number of carbonyl (C=O) groups excluding carboxylic acids is 4. The van der Waals surface area contributed by atoms with Crippen LogP contribution in [0, 0.1) is 0 Å². The second kappa shape index (κ2) is 25.2. The fraction of sp³-hybridized carbons (Fsp3) is 0.368. The Kier molecular flexibility index (Phi) is 16.6. The standard InChI is InChI=1S/C52H64O8S2.C24H4O6S2/c1-5-9-13-17-21-25-57-49(53)33-29-37-43-45-39(61-37)31-35(51(55)59-27-23-19-15-11-7-3)42-36(52(56)60-28-24-20-16-12-8-4)32-40-46(48(42)45)44-38(62-40)30-34(41(33)47(43)44)50(54)58-26-22-18-14-10-6-2;25-21-5-1-9-15-16-10(31-9)3-7-14-8(24(28)30-23(7)27)4-12-18(20(14)16)17-11(32-12)2-6(22(26)29-21)13(5)19(15)17/h29-32H,5-28H2,1-4H3;1-4H. The van der Waals surface area contributed by atoms with Crippen LogP contribution in [0.2, 0.25) is 0 Å². The van der Waals surface area contributed by atoms with Crippen molar-refractivity contribution in [1.82, 2.24) is 0 Å². The molecule has 0 atom stereocenters. The van der Waals surface area contributed by atoms with E-state index in [9.17, 15) is 38.4 Å². The minimum absolute atomic E-state index is 0.294. The summed E-state index contributed by atoms with van der Waals surface area (Å²) < 4.78 is 40.9. The smallest absolute Gasteiger partial charge is 0.346 e. The molecule has 18 heteroatoms. The highest BCUT2D eigenvalue weighted by molar-refractivity contribution is 7.28. The van der Waals surface area contributed by atoms with Crippen LogP contribution in [0.25, 0.3) is 145 Å². The molecule has 0 spiro atoms. The van der Waals surface area contributed by atoms with Gasteiger partial charge in [-0.05, 0) is 74.2 Å². The van der Waals surface area contributed by atoms with Crippen molar-refractivity contribution in [3.05, 3.63) is 112 Å². The average Bonchev–Trinajstić information content (AvgIpc) is 1.48. The van der Waals surface area contributed by atoms with E-state index in [0.717, 1.165) is 231 Å². The molecule has 0 aliphatic rings. The van der Waals surface area contributed by atoms with Gasteiger partial charge >= 0.3 is 46.4 Å². The number of ether oxygens (including phenoxy) is 4. The van der Waals surface area contributed by atoms with Gasteiger partial charge < -0.3 is 27.8 Å². The molecule has 0 fully saturated rings. The summed E-state index contributed by atoms with van der Waals surface area (Å²) in [5.41, 5.74) is -1.23. The van der Waals surface area contributed by atoms with E-state index in [1.807, 2.05) is 24.3 Å². The van der Waals surface area contributed by atoms with Crippen molar-refractivity contribution >= 4 is 215 Å². The molecular formula is C76H68O14S4. The third kappa shape index (κ3) is 10.0. The van der Waals surface area contributed by atoms with E-state index in [-0.39, 0.29) is 0 Å². The van der Waals surface area contributed by atoms with Gasteiger partial charge in [0.15, 0.2) is 0 Å². The predicted molar refractivity (Wildman–Crippen MR) is 385 cm³/mol. The molecule has 16 rings (SSSR count). The van der Waals surface area contributed by atoms with Gasteiger partial charge in [0.2, 0.25) is 0 Å². The van der Waals surface area contributed by atoms with E-state index in [1.165, 1.54) is 45.3 Å². The Morgan fingerprint density at radius 3 is 0.691 bits per heavy atom. The van der Waals surface area contributed by atoms with Crippen LogP contribution in [0.1, 0.15) is 198 Å². The van der Waals surface area contributed by atoms with Crippen LogP contribution in [-0.2, 0) is 18.9 Å². The van der Waals surface area contributed by atoms with Gasteiger partial charge in [0.25, 0.3) is 0 Å². The predicted octanol–water partition coefficient (Wildman–Crippen LogP) is 20.4. The summed E-state index contributed by atoms with van der Waals surface area (Å²) in [4.78, 5) is 108. The van der Waals surface area contributed by atoms with Gasteiger partial charge in [0.1, 0.15) is 0 Å². The number of thiophene rings is 4. The maximum atomic E-state index is 14.3. The first kappa shape index (κ1) is 62.0. The Balaban J connectivity index is 0.000000187. The maximum Gasteiger partial charge on any atom is 0.346 e. The summed E-state index contributed by atoms with van der Waals surface area (Å²) in [6.07, 6.45) is 20.4. The van der Waals surface area contributed by atoms with Crippen LogP contribution in [0.4, 0.5) is 0 Å². The highest BCUT2D eigenvalue weighted by Crippen LogP contribution is 2.58. The van der Waals surface area contributed by atoms with Crippen molar-refractivity contribution in [3.63, 3.8) is 0 Å². The normalized spacial score (nSPS) is 12.6. The monoisotopic (exact) mass is 1330 g/mol. The van der Waals surface area contributed by atoms with Gasteiger partial charge in [-0.2, -0.15) is 0 Å². The largest absolute Gasteiger partial charge is 0.462 e. The van der Waals surface area contributed by atoms with E-state index >= 15 is 0 Å². The van der Waals surface area contributed by atoms with Crippen molar-refractivity contribution in [1.29, 1.82) is 0 Å². The molecule has 0 amide bonds. The molecule has 10 aromatic carbocycles. The quantitative estimate of drug-likeness (QED) is 0.0147. The van der Waals surface area contributed by atoms with E-state index in [2.05, 4.69) is 27.7 Å². The van der Waals surface area contributed by atoms with E-state index in [1.54, 1.807) is 24.3 Å². The van der Waals surface area contributed by atoms with Crippen LogP contribution in [0.3, 0.4) is 0 Å².